The zero-order valence-electron chi connectivity index (χ0n) is 6.45. The topological polar surface area (TPSA) is 57.5 Å². The summed E-state index contributed by atoms with van der Waals surface area (Å²) in [4.78, 5) is 11.2. The van der Waals surface area contributed by atoms with E-state index in [-0.39, 0.29) is 24.9 Å². The van der Waals surface area contributed by atoms with Crippen LogP contribution in [0, 0.1) is 11.8 Å². The number of carbonyl (C=O) groups excluding carboxylic acids is 1. The molecule has 0 aromatic heterocycles. The maximum atomic E-state index is 11.2. The van der Waals surface area contributed by atoms with Crippen molar-refractivity contribution in [3.05, 3.63) is 11.6 Å². The molecule has 0 radical (unpaired) electrons. The van der Waals surface area contributed by atoms with Crippen LogP contribution in [0.25, 0.3) is 0 Å². The Morgan fingerprint density at radius 2 is 2.09 bits per heavy atom. The minimum Gasteiger partial charge on any atom is -0.396 e. The highest BCUT2D eigenvalue weighted by atomic mass is 16.3. The Morgan fingerprint density at radius 3 is 2.45 bits per heavy atom. The number of carbonyl (C=O) groups is 1. The standard InChI is InChI=1S/C8H12O3/c1-5-2-6(3-9)7(4-10)8(5)11/h2,6-7,9-10H,3-4H2,1H3. The summed E-state index contributed by atoms with van der Waals surface area (Å²) in [6.45, 7) is 1.48. The Bertz CT molecular complexity index is 196. The van der Waals surface area contributed by atoms with Gasteiger partial charge < -0.3 is 10.2 Å². The number of rotatable bonds is 2. The molecule has 0 spiro atoms. The van der Waals surface area contributed by atoms with Gasteiger partial charge in [0.05, 0.1) is 19.1 Å². The molecule has 0 aliphatic heterocycles. The average molecular weight is 156 g/mol. The molecule has 3 nitrogen and oxygen atoms in total. The Morgan fingerprint density at radius 1 is 1.45 bits per heavy atom. The molecule has 0 saturated heterocycles. The Kier molecular flexibility index (Phi) is 2.42. The predicted molar refractivity (Wildman–Crippen MR) is 39.9 cm³/mol. The van der Waals surface area contributed by atoms with Crippen molar-refractivity contribution in [2.24, 2.45) is 11.8 Å². The van der Waals surface area contributed by atoms with Crippen molar-refractivity contribution in [3.8, 4) is 0 Å². The highest BCUT2D eigenvalue weighted by Gasteiger charge is 2.32. The van der Waals surface area contributed by atoms with E-state index < -0.39 is 5.92 Å². The minimum atomic E-state index is -0.403. The summed E-state index contributed by atoms with van der Waals surface area (Å²) in [7, 11) is 0. The van der Waals surface area contributed by atoms with Crippen LogP contribution in [0.15, 0.2) is 11.6 Å². The van der Waals surface area contributed by atoms with Gasteiger partial charge in [-0.15, -0.1) is 0 Å². The second-order valence-corrected chi connectivity index (χ2v) is 2.85. The summed E-state index contributed by atoms with van der Waals surface area (Å²) < 4.78 is 0. The van der Waals surface area contributed by atoms with Crippen molar-refractivity contribution in [1.82, 2.24) is 0 Å². The van der Waals surface area contributed by atoms with Crippen molar-refractivity contribution >= 4 is 5.78 Å². The lowest BCUT2D eigenvalue weighted by Gasteiger charge is -2.11. The highest BCUT2D eigenvalue weighted by molar-refractivity contribution is 5.99. The molecule has 1 aliphatic carbocycles. The molecular weight excluding hydrogens is 144 g/mol. The molecule has 0 aromatic rings. The predicted octanol–water partition coefficient (Wildman–Crippen LogP) is -0.268. The maximum absolute atomic E-state index is 11.2. The Hall–Kier alpha value is -0.670. The Balaban J connectivity index is 2.76. The van der Waals surface area contributed by atoms with Gasteiger partial charge in [-0.05, 0) is 12.5 Å². The van der Waals surface area contributed by atoms with Crippen molar-refractivity contribution in [1.29, 1.82) is 0 Å². The average Bonchev–Trinajstić information content (AvgIpc) is 2.28. The third kappa shape index (κ3) is 1.34. The molecule has 0 aromatic carbocycles. The normalized spacial score (nSPS) is 30.8. The smallest absolute Gasteiger partial charge is 0.164 e. The summed E-state index contributed by atoms with van der Waals surface area (Å²) in [6, 6.07) is 0. The van der Waals surface area contributed by atoms with E-state index >= 15 is 0 Å². The van der Waals surface area contributed by atoms with E-state index in [9.17, 15) is 4.79 Å². The SMILES string of the molecule is CC1=CC(CO)C(CO)C1=O. The van der Waals surface area contributed by atoms with E-state index in [4.69, 9.17) is 10.2 Å². The first kappa shape index (κ1) is 8.43. The lowest BCUT2D eigenvalue weighted by Crippen LogP contribution is -2.22. The summed E-state index contributed by atoms with van der Waals surface area (Å²) in [5.41, 5.74) is 0.656. The molecular formula is C8H12O3. The first-order valence-corrected chi connectivity index (χ1v) is 3.65. The van der Waals surface area contributed by atoms with Gasteiger partial charge in [0.15, 0.2) is 5.78 Å². The van der Waals surface area contributed by atoms with Crippen LogP contribution in [0.5, 0.6) is 0 Å². The van der Waals surface area contributed by atoms with Crippen LogP contribution in [0.4, 0.5) is 0 Å². The Labute approximate surface area is 65.3 Å². The van der Waals surface area contributed by atoms with E-state index in [0.717, 1.165) is 0 Å². The van der Waals surface area contributed by atoms with Gasteiger partial charge in [0.1, 0.15) is 0 Å². The zero-order valence-corrected chi connectivity index (χ0v) is 6.45. The zero-order chi connectivity index (χ0) is 8.43. The maximum Gasteiger partial charge on any atom is 0.164 e. The largest absolute Gasteiger partial charge is 0.396 e. The molecule has 2 atom stereocenters. The summed E-state index contributed by atoms with van der Waals surface area (Å²) in [6.07, 6.45) is 1.73. The van der Waals surface area contributed by atoms with Gasteiger partial charge in [0.25, 0.3) is 0 Å². The molecule has 2 unspecified atom stereocenters. The fraction of sp³-hybridized carbons (Fsp3) is 0.625. The molecule has 3 heteroatoms. The van der Waals surface area contributed by atoms with Crippen molar-refractivity contribution in [2.75, 3.05) is 13.2 Å². The van der Waals surface area contributed by atoms with E-state index in [0.29, 0.717) is 5.57 Å². The second-order valence-electron chi connectivity index (χ2n) is 2.85. The van der Waals surface area contributed by atoms with Crippen LogP contribution in [0.2, 0.25) is 0 Å². The molecule has 0 amide bonds. The van der Waals surface area contributed by atoms with Gasteiger partial charge in [-0.25, -0.2) is 0 Å². The van der Waals surface area contributed by atoms with Gasteiger partial charge in [-0.2, -0.15) is 0 Å². The van der Waals surface area contributed by atoms with Crippen LogP contribution in [-0.4, -0.2) is 29.2 Å². The molecule has 1 aliphatic rings. The van der Waals surface area contributed by atoms with Gasteiger partial charge in [0.2, 0.25) is 0 Å². The van der Waals surface area contributed by atoms with Crippen molar-refractivity contribution in [3.63, 3.8) is 0 Å². The van der Waals surface area contributed by atoms with E-state index in [2.05, 4.69) is 0 Å². The first-order valence-electron chi connectivity index (χ1n) is 3.65. The van der Waals surface area contributed by atoms with Crippen LogP contribution in [0.3, 0.4) is 0 Å². The van der Waals surface area contributed by atoms with Gasteiger partial charge >= 0.3 is 0 Å². The molecule has 0 bridgehead atoms. The molecule has 2 N–H and O–H groups in total. The number of allylic oxidation sites excluding steroid dienone is 1. The van der Waals surface area contributed by atoms with Crippen molar-refractivity contribution < 1.29 is 15.0 Å². The number of Topliss-reactive ketones (excluding diaryl/α,β-unsaturated/α-hetero) is 1. The third-order valence-corrected chi connectivity index (χ3v) is 2.11. The molecule has 1 rings (SSSR count). The summed E-state index contributed by atoms with van der Waals surface area (Å²) in [5, 5.41) is 17.6. The monoisotopic (exact) mass is 156 g/mol. The highest BCUT2D eigenvalue weighted by Crippen LogP contribution is 2.26. The number of ketones is 1. The number of hydrogen-bond donors (Lipinski definition) is 2. The van der Waals surface area contributed by atoms with E-state index in [1.807, 2.05) is 0 Å². The van der Waals surface area contributed by atoms with Crippen LogP contribution >= 0.6 is 0 Å². The van der Waals surface area contributed by atoms with Gasteiger partial charge in [-0.3, -0.25) is 4.79 Å². The van der Waals surface area contributed by atoms with Gasteiger partial charge in [-0.1, -0.05) is 6.08 Å². The van der Waals surface area contributed by atoms with Crippen LogP contribution < -0.4 is 0 Å². The first-order chi connectivity index (χ1) is 5.20. The molecule has 11 heavy (non-hydrogen) atoms. The second kappa shape index (κ2) is 3.15. The summed E-state index contributed by atoms with van der Waals surface area (Å²) >= 11 is 0. The fourth-order valence-electron chi connectivity index (χ4n) is 1.40. The lowest BCUT2D eigenvalue weighted by molar-refractivity contribution is -0.120. The van der Waals surface area contributed by atoms with E-state index in [1.165, 1.54) is 0 Å². The molecule has 0 heterocycles. The number of hydrogen-bond acceptors (Lipinski definition) is 3. The van der Waals surface area contributed by atoms with Gasteiger partial charge in [0, 0.05) is 5.92 Å². The molecule has 0 fully saturated rings. The number of aliphatic hydroxyl groups excluding tert-OH is 2. The third-order valence-electron chi connectivity index (χ3n) is 2.11. The quantitative estimate of drug-likeness (QED) is 0.578. The summed E-state index contributed by atoms with van der Waals surface area (Å²) in [5.74, 6) is -0.612. The minimum absolute atomic E-state index is 0.0356. The van der Waals surface area contributed by atoms with Crippen molar-refractivity contribution in [2.45, 2.75) is 6.92 Å². The van der Waals surface area contributed by atoms with Crippen LogP contribution in [-0.2, 0) is 4.79 Å². The number of aliphatic hydroxyl groups is 2. The van der Waals surface area contributed by atoms with Crippen LogP contribution in [0.1, 0.15) is 6.92 Å². The van der Waals surface area contributed by atoms with E-state index in [1.54, 1.807) is 13.0 Å². The molecule has 62 valence electrons. The lowest BCUT2D eigenvalue weighted by atomic mass is 9.96. The fourth-order valence-corrected chi connectivity index (χ4v) is 1.40. The molecule has 0 saturated carbocycles.